The summed E-state index contributed by atoms with van der Waals surface area (Å²) < 4.78 is 8.21. The van der Waals surface area contributed by atoms with Crippen LogP contribution in [0.25, 0.3) is 20.4 Å². The Labute approximate surface area is 183 Å². The SMILES string of the molecule is CCOC(=O)CCn1c(=O)sc2ccc(Cl)cc21.O=c1[nH]c2cc(Cl)ccc2s1. The zero-order chi connectivity index (χ0) is 21.0. The fourth-order valence-electron chi connectivity index (χ4n) is 2.61. The fraction of sp³-hybridized carbons (Fsp3) is 0.211. The van der Waals surface area contributed by atoms with Gasteiger partial charge in [0.05, 0.1) is 33.5 Å². The number of nitrogens with zero attached hydrogens (tertiary/aromatic N) is 1. The maximum Gasteiger partial charge on any atom is 0.308 e. The van der Waals surface area contributed by atoms with Crippen LogP contribution in [0.15, 0.2) is 46.0 Å². The van der Waals surface area contributed by atoms with Crippen molar-refractivity contribution in [3.05, 3.63) is 65.8 Å². The summed E-state index contributed by atoms with van der Waals surface area (Å²) in [5, 5.41) is 1.22. The lowest BCUT2D eigenvalue weighted by molar-refractivity contribution is -0.143. The zero-order valence-electron chi connectivity index (χ0n) is 15.2. The van der Waals surface area contributed by atoms with Gasteiger partial charge in [0.1, 0.15) is 0 Å². The van der Waals surface area contributed by atoms with Crippen LogP contribution in [-0.4, -0.2) is 22.1 Å². The van der Waals surface area contributed by atoms with Crippen LogP contribution in [-0.2, 0) is 16.1 Å². The Morgan fingerprint density at radius 3 is 2.48 bits per heavy atom. The number of benzene rings is 2. The lowest BCUT2D eigenvalue weighted by atomic mass is 10.3. The molecule has 152 valence electrons. The molecule has 1 N–H and O–H groups in total. The summed E-state index contributed by atoms with van der Waals surface area (Å²) in [7, 11) is 0. The van der Waals surface area contributed by atoms with E-state index < -0.39 is 0 Å². The monoisotopic (exact) mass is 470 g/mol. The van der Waals surface area contributed by atoms with E-state index >= 15 is 0 Å². The van der Waals surface area contributed by atoms with E-state index in [2.05, 4.69) is 4.98 Å². The summed E-state index contributed by atoms with van der Waals surface area (Å²) in [6, 6.07) is 10.6. The Morgan fingerprint density at radius 2 is 1.76 bits per heavy atom. The van der Waals surface area contributed by atoms with Gasteiger partial charge in [-0.2, -0.15) is 0 Å². The first-order valence-electron chi connectivity index (χ1n) is 8.60. The molecule has 0 fully saturated rings. The molecule has 0 amide bonds. The molecule has 0 aliphatic rings. The first-order chi connectivity index (χ1) is 13.9. The highest BCUT2D eigenvalue weighted by Crippen LogP contribution is 2.22. The number of carbonyl (C=O) groups is 1. The molecule has 0 bridgehead atoms. The standard InChI is InChI=1S/C12H12ClNO3S.C7H4ClNOS/c1-2-17-11(15)5-6-14-9-7-8(13)3-4-10(9)18-12(14)16;8-4-1-2-6-5(3-4)9-7(10)11-6/h3-4,7H,2,5-6H2,1H3;1-3H,(H,9,10). The van der Waals surface area contributed by atoms with Gasteiger partial charge in [0.15, 0.2) is 0 Å². The van der Waals surface area contributed by atoms with Crippen molar-refractivity contribution in [3.8, 4) is 0 Å². The number of aromatic nitrogens is 2. The van der Waals surface area contributed by atoms with E-state index in [4.69, 9.17) is 27.9 Å². The van der Waals surface area contributed by atoms with Crippen LogP contribution < -0.4 is 9.75 Å². The summed E-state index contributed by atoms with van der Waals surface area (Å²) in [6.07, 6.45) is 0.187. The van der Waals surface area contributed by atoms with Gasteiger partial charge < -0.3 is 9.72 Å². The normalized spacial score (nSPS) is 10.7. The molecular weight excluding hydrogens is 455 g/mol. The lowest BCUT2D eigenvalue weighted by Crippen LogP contribution is -2.16. The van der Waals surface area contributed by atoms with Crippen molar-refractivity contribution in [2.24, 2.45) is 0 Å². The summed E-state index contributed by atoms with van der Waals surface area (Å²) in [4.78, 5) is 36.5. The summed E-state index contributed by atoms with van der Waals surface area (Å²) >= 11 is 14.0. The minimum Gasteiger partial charge on any atom is -0.466 e. The van der Waals surface area contributed by atoms with Crippen molar-refractivity contribution in [2.45, 2.75) is 19.9 Å². The van der Waals surface area contributed by atoms with Gasteiger partial charge in [0.25, 0.3) is 0 Å². The van der Waals surface area contributed by atoms with E-state index in [1.807, 2.05) is 12.1 Å². The third-order valence-electron chi connectivity index (χ3n) is 3.86. The first-order valence-corrected chi connectivity index (χ1v) is 11.0. The number of hydrogen-bond acceptors (Lipinski definition) is 6. The number of carbonyl (C=O) groups excluding carboxylic acids is 1. The van der Waals surface area contributed by atoms with E-state index in [1.165, 1.54) is 11.3 Å². The van der Waals surface area contributed by atoms with Gasteiger partial charge in [0, 0.05) is 16.6 Å². The average molecular weight is 471 g/mol. The van der Waals surface area contributed by atoms with Crippen LogP contribution in [0.1, 0.15) is 13.3 Å². The number of fused-ring (bicyclic) bond motifs is 2. The van der Waals surface area contributed by atoms with E-state index in [0.29, 0.717) is 23.2 Å². The molecule has 2 aromatic carbocycles. The van der Waals surface area contributed by atoms with Crippen molar-refractivity contribution in [2.75, 3.05) is 6.61 Å². The molecule has 4 aromatic rings. The van der Waals surface area contributed by atoms with Gasteiger partial charge >= 0.3 is 15.7 Å². The van der Waals surface area contributed by atoms with Crippen LogP contribution in [0.2, 0.25) is 10.0 Å². The predicted molar refractivity (Wildman–Crippen MR) is 120 cm³/mol. The second kappa shape index (κ2) is 9.58. The number of rotatable bonds is 4. The molecule has 2 aromatic heterocycles. The number of nitrogens with one attached hydrogen (secondary N) is 1. The zero-order valence-corrected chi connectivity index (χ0v) is 18.4. The number of H-pyrrole nitrogens is 1. The molecule has 0 radical (unpaired) electrons. The number of aromatic amines is 1. The van der Waals surface area contributed by atoms with Crippen molar-refractivity contribution in [1.82, 2.24) is 9.55 Å². The second-order valence-electron chi connectivity index (χ2n) is 5.84. The highest BCUT2D eigenvalue weighted by molar-refractivity contribution is 7.16. The largest absolute Gasteiger partial charge is 0.466 e. The van der Waals surface area contributed by atoms with Crippen molar-refractivity contribution in [1.29, 1.82) is 0 Å². The van der Waals surface area contributed by atoms with Gasteiger partial charge in [-0.05, 0) is 43.3 Å². The number of aryl methyl sites for hydroxylation is 1. The van der Waals surface area contributed by atoms with Gasteiger partial charge in [-0.1, -0.05) is 45.9 Å². The van der Waals surface area contributed by atoms with Crippen LogP contribution in [0.4, 0.5) is 0 Å². The van der Waals surface area contributed by atoms with E-state index in [-0.39, 0.29) is 22.1 Å². The Kier molecular flexibility index (Phi) is 7.13. The number of hydrogen-bond donors (Lipinski definition) is 1. The Hall–Kier alpha value is -2.13. The van der Waals surface area contributed by atoms with E-state index in [1.54, 1.807) is 35.8 Å². The summed E-state index contributed by atoms with van der Waals surface area (Å²) in [5.74, 6) is -0.300. The molecule has 0 saturated carbocycles. The van der Waals surface area contributed by atoms with Crippen LogP contribution in [0, 0.1) is 0 Å². The quantitative estimate of drug-likeness (QED) is 0.429. The highest BCUT2D eigenvalue weighted by atomic mass is 35.5. The molecule has 0 spiro atoms. The van der Waals surface area contributed by atoms with Crippen molar-refractivity contribution < 1.29 is 9.53 Å². The highest BCUT2D eigenvalue weighted by Gasteiger charge is 2.10. The minimum absolute atomic E-state index is 0.0396. The second-order valence-corrected chi connectivity index (χ2v) is 8.72. The van der Waals surface area contributed by atoms with E-state index in [0.717, 1.165) is 31.8 Å². The number of thiazole rings is 2. The van der Waals surface area contributed by atoms with Gasteiger partial charge in [-0.25, -0.2) is 0 Å². The Bertz CT molecular complexity index is 1270. The lowest BCUT2D eigenvalue weighted by Gasteiger charge is -2.04. The number of ether oxygens (including phenoxy) is 1. The maximum absolute atomic E-state index is 11.8. The average Bonchev–Trinajstić information content (AvgIpc) is 3.18. The molecule has 0 aliphatic carbocycles. The van der Waals surface area contributed by atoms with Gasteiger partial charge in [-0.3, -0.25) is 19.0 Å². The molecule has 0 saturated heterocycles. The maximum atomic E-state index is 11.8. The Morgan fingerprint density at radius 1 is 1.07 bits per heavy atom. The predicted octanol–water partition coefficient (Wildman–Crippen LogP) is 4.91. The molecule has 0 unspecified atom stereocenters. The molecular formula is C19H16Cl2N2O4S2. The molecule has 6 nitrogen and oxygen atoms in total. The van der Waals surface area contributed by atoms with Gasteiger partial charge in [0.2, 0.25) is 0 Å². The molecule has 0 atom stereocenters. The summed E-state index contributed by atoms with van der Waals surface area (Å²) in [5.41, 5.74) is 1.58. The number of halogens is 2. The van der Waals surface area contributed by atoms with E-state index in [9.17, 15) is 14.4 Å². The van der Waals surface area contributed by atoms with Crippen molar-refractivity contribution in [3.63, 3.8) is 0 Å². The van der Waals surface area contributed by atoms with Crippen LogP contribution in [0.5, 0.6) is 0 Å². The molecule has 0 aliphatic heterocycles. The van der Waals surface area contributed by atoms with Crippen LogP contribution in [0.3, 0.4) is 0 Å². The fourth-order valence-corrected chi connectivity index (χ4v) is 4.56. The summed E-state index contributed by atoms with van der Waals surface area (Å²) in [6.45, 7) is 2.42. The third-order valence-corrected chi connectivity index (χ3v) is 6.15. The van der Waals surface area contributed by atoms with Crippen molar-refractivity contribution >= 4 is 72.3 Å². The molecule has 10 heteroatoms. The first kappa shape index (κ1) is 21.6. The smallest absolute Gasteiger partial charge is 0.308 e. The topological polar surface area (TPSA) is 81.2 Å². The van der Waals surface area contributed by atoms with Crippen LogP contribution >= 0.6 is 45.9 Å². The van der Waals surface area contributed by atoms with Gasteiger partial charge in [-0.15, -0.1) is 0 Å². The molecule has 4 rings (SSSR count). The third kappa shape index (κ3) is 5.48. The number of esters is 1. The minimum atomic E-state index is -0.300. The molecule has 29 heavy (non-hydrogen) atoms. The Balaban J connectivity index is 0.000000186. The molecule has 2 heterocycles.